The number of nitrogens with zero attached hydrogens (tertiary/aromatic N) is 6. The van der Waals surface area contributed by atoms with Crippen molar-refractivity contribution in [1.29, 1.82) is 0 Å². The van der Waals surface area contributed by atoms with Crippen molar-refractivity contribution >= 4 is 90.1 Å². The maximum atomic E-state index is 12.4. The topological polar surface area (TPSA) is 321 Å². The van der Waals surface area contributed by atoms with Gasteiger partial charge in [0.15, 0.2) is 5.75 Å². The number of ether oxygens (including phenoxy) is 2. The van der Waals surface area contributed by atoms with Crippen LogP contribution in [0, 0.1) is 0 Å². The highest BCUT2D eigenvalue weighted by atomic mass is 32.2. The molecule has 0 fully saturated rings. The maximum absolute atomic E-state index is 12.4. The SMILES string of the molecule is COc1cc(N=Nc2ccc3c(S(=O)(=O)O)cc(N=Nc4ccc(C(=O)O)cc4)c(N)c3c2O)c(OC)cc1N=Nc1cc(SOOO)c(N)cc1N. The second-order valence-corrected chi connectivity index (χ2v) is 12.6. The van der Waals surface area contributed by atoms with Gasteiger partial charge in [0, 0.05) is 23.2 Å². The maximum Gasteiger partial charge on any atom is 0.335 e. The van der Waals surface area contributed by atoms with E-state index in [2.05, 4.69) is 40.1 Å². The number of benzene rings is 5. The molecule has 0 unspecified atom stereocenters. The number of hydrogen-bond acceptors (Lipinski definition) is 19. The zero-order valence-corrected chi connectivity index (χ0v) is 28.9. The number of aromatic hydroxyl groups is 1. The summed E-state index contributed by atoms with van der Waals surface area (Å²) in [5.41, 5.74) is 18.7. The molecule has 10 N–H and O–H groups in total. The molecule has 0 atom stereocenters. The van der Waals surface area contributed by atoms with E-state index in [4.69, 9.17) is 37.0 Å². The number of nitrogens with two attached hydrogens (primary N) is 3. The number of phenols is 1. The number of phenolic OH excluding ortho intramolecular Hbond substituents is 1. The van der Waals surface area contributed by atoms with Gasteiger partial charge in [-0.25, -0.2) is 10.1 Å². The highest BCUT2D eigenvalue weighted by Gasteiger charge is 2.23. The Balaban J connectivity index is 1.53. The smallest absolute Gasteiger partial charge is 0.335 e. The Hall–Kier alpha value is -6.43. The van der Waals surface area contributed by atoms with Crippen LogP contribution in [0.15, 0.2) is 107 Å². The van der Waals surface area contributed by atoms with Gasteiger partial charge in [-0.15, -0.1) is 29.9 Å². The van der Waals surface area contributed by atoms with Crippen molar-refractivity contribution in [3.8, 4) is 17.2 Å². The summed E-state index contributed by atoms with van der Waals surface area (Å²) in [7, 11) is -2.15. The molecule has 0 saturated carbocycles. The zero-order valence-electron chi connectivity index (χ0n) is 27.2. The number of carboxylic acids is 1. The molecule has 5 aromatic rings. The summed E-state index contributed by atoms with van der Waals surface area (Å²) in [6, 6.07) is 14.5. The van der Waals surface area contributed by atoms with Crippen molar-refractivity contribution in [3.63, 3.8) is 0 Å². The predicted octanol–water partition coefficient (Wildman–Crippen LogP) is 7.93. The number of methoxy groups -OCH3 is 2. The number of hydrogen-bond donors (Lipinski definition) is 7. The van der Waals surface area contributed by atoms with Crippen LogP contribution in [0.25, 0.3) is 10.8 Å². The molecule has 0 aliphatic rings. The Morgan fingerprint density at radius 1 is 0.736 bits per heavy atom. The fraction of sp³-hybridized carbons (Fsp3) is 0.0645. The molecular formula is C31H27N9O11S2. The van der Waals surface area contributed by atoms with Gasteiger partial charge in [0.2, 0.25) is 0 Å². The standard InChI is InChI=1S/C31H27N9O11S2/c1-48-24-11-22(39-37-20-12-26(52-51-50-44)18(33)9-17(20)32)25(49-2)10-21(24)38-36-19-8-7-16-27(53(45,46)47)13-23(29(34)28(16)30(19)41)40-35-15-5-3-14(4-6-15)31(42)43/h3-13,41,44H,32-34H2,1-2H3,(H,42,43)(H,45,46,47). The van der Waals surface area contributed by atoms with Crippen LogP contribution in [0.2, 0.25) is 0 Å². The molecule has 0 heterocycles. The van der Waals surface area contributed by atoms with Crippen LogP contribution in [-0.2, 0) is 19.5 Å². The summed E-state index contributed by atoms with van der Waals surface area (Å²) in [5.74, 6) is -1.45. The molecule has 53 heavy (non-hydrogen) atoms. The first kappa shape index (κ1) is 37.8. The van der Waals surface area contributed by atoms with Crippen molar-refractivity contribution in [1.82, 2.24) is 0 Å². The van der Waals surface area contributed by atoms with Crippen molar-refractivity contribution < 1.29 is 52.1 Å². The van der Waals surface area contributed by atoms with Gasteiger partial charge in [-0.3, -0.25) is 4.55 Å². The monoisotopic (exact) mass is 765 g/mol. The van der Waals surface area contributed by atoms with Crippen molar-refractivity contribution in [3.05, 3.63) is 72.3 Å². The summed E-state index contributed by atoms with van der Waals surface area (Å²) in [6.45, 7) is 0. The first-order valence-electron chi connectivity index (χ1n) is 14.5. The third kappa shape index (κ3) is 8.39. The molecule has 0 spiro atoms. The Morgan fingerprint density at radius 2 is 1.32 bits per heavy atom. The van der Waals surface area contributed by atoms with E-state index >= 15 is 0 Å². The number of nitrogen functional groups attached to an aromatic ring is 3. The fourth-order valence-corrected chi connectivity index (χ4v) is 5.80. The van der Waals surface area contributed by atoms with Gasteiger partial charge >= 0.3 is 5.97 Å². The molecule has 20 nitrogen and oxygen atoms in total. The molecule has 0 radical (unpaired) electrons. The molecule has 0 amide bonds. The molecule has 5 rings (SSSR count). The Morgan fingerprint density at radius 3 is 1.89 bits per heavy atom. The first-order chi connectivity index (χ1) is 25.2. The molecular weight excluding hydrogens is 739 g/mol. The van der Waals surface area contributed by atoms with E-state index in [-0.39, 0.29) is 79.0 Å². The minimum Gasteiger partial charge on any atom is -0.505 e. The number of carbonyl (C=O) groups is 1. The second kappa shape index (κ2) is 15.9. The van der Waals surface area contributed by atoms with E-state index < -0.39 is 26.7 Å². The van der Waals surface area contributed by atoms with Crippen LogP contribution in [0.4, 0.5) is 51.2 Å². The van der Waals surface area contributed by atoms with Gasteiger partial charge in [0.05, 0.1) is 59.2 Å². The van der Waals surface area contributed by atoms with Crippen molar-refractivity contribution in [2.75, 3.05) is 31.4 Å². The van der Waals surface area contributed by atoms with E-state index in [1.54, 1.807) is 0 Å². The molecule has 0 aliphatic heterocycles. The minimum atomic E-state index is -4.87. The van der Waals surface area contributed by atoms with Crippen molar-refractivity contribution in [2.24, 2.45) is 30.7 Å². The summed E-state index contributed by atoms with van der Waals surface area (Å²) in [6.07, 6.45) is 0. The zero-order chi connectivity index (χ0) is 38.4. The largest absolute Gasteiger partial charge is 0.505 e. The number of aromatic carboxylic acids is 1. The molecule has 22 heteroatoms. The molecule has 274 valence electrons. The lowest BCUT2D eigenvalue weighted by molar-refractivity contribution is -0.432. The van der Waals surface area contributed by atoms with Gasteiger partial charge in [-0.2, -0.15) is 13.5 Å². The van der Waals surface area contributed by atoms with E-state index in [9.17, 15) is 22.9 Å². The van der Waals surface area contributed by atoms with E-state index in [1.807, 2.05) is 0 Å². The minimum absolute atomic E-state index is 0.00353. The number of anilines is 3. The highest BCUT2D eigenvalue weighted by molar-refractivity contribution is 7.94. The van der Waals surface area contributed by atoms with Crippen LogP contribution in [-0.4, -0.2) is 48.6 Å². The van der Waals surface area contributed by atoms with Crippen LogP contribution in [0.5, 0.6) is 17.2 Å². The summed E-state index contributed by atoms with van der Waals surface area (Å²) in [4.78, 5) is 10.8. The quantitative estimate of drug-likeness (QED) is 0.0149. The number of azo groups is 3. The van der Waals surface area contributed by atoms with E-state index in [0.29, 0.717) is 16.9 Å². The fourth-order valence-electron chi connectivity index (χ4n) is 4.68. The van der Waals surface area contributed by atoms with Gasteiger partial charge in [0.1, 0.15) is 44.8 Å². The third-order valence-corrected chi connectivity index (χ3v) is 8.78. The lowest BCUT2D eigenvalue weighted by atomic mass is 10.1. The Labute approximate surface area is 303 Å². The third-order valence-electron chi connectivity index (χ3n) is 7.23. The van der Waals surface area contributed by atoms with Gasteiger partial charge in [-0.1, -0.05) is 11.1 Å². The Kier molecular flexibility index (Phi) is 11.3. The predicted molar refractivity (Wildman–Crippen MR) is 191 cm³/mol. The number of rotatable bonds is 13. The van der Waals surface area contributed by atoms with Gasteiger partial charge in [0.25, 0.3) is 10.1 Å². The lowest BCUT2D eigenvalue weighted by Gasteiger charge is -2.12. The summed E-state index contributed by atoms with van der Waals surface area (Å²) >= 11 is 0.609. The van der Waals surface area contributed by atoms with E-state index in [1.165, 1.54) is 74.9 Å². The normalized spacial score (nSPS) is 12.0. The van der Waals surface area contributed by atoms with Crippen LogP contribution < -0.4 is 26.7 Å². The molecule has 0 aliphatic carbocycles. The average molecular weight is 766 g/mol. The van der Waals surface area contributed by atoms with Gasteiger partial charge < -0.3 is 36.9 Å². The summed E-state index contributed by atoms with van der Waals surface area (Å²) < 4.78 is 50.0. The molecule has 0 saturated heterocycles. The van der Waals surface area contributed by atoms with E-state index in [0.717, 1.165) is 6.07 Å². The first-order valence-corrected chi connectivity index (χ1v) is 16.7. The molecule has 0 aromatic heterocycles. The molecule has 5 aromatic carbocycles. The second-order valence-electron chi connectivity index (χ2n) is 10.5. The van der Waals surface area contributed by atoms with Crippen LogP contribution >= 0.6 is 12.0 Å². The Bertz CT molecular complexity index is 2430. The number of carboxylic acid groups (broad SMARTS) is 1. The van der Waals surface area contributed by atoms with Crippen molar-refractivity contribution in [2.45, 2.75) is 9.79 Å². The summed E-state index contributed by atoms with van der Waals surface area (Å²) in [5, 5.41) is 56.7. The average Bonchev–Trinajstić information content (AvgIpc) is 3.12. The number of fused-ring (bicyclic) bond motifs is 1. The van der Waals surface area contributed by atoms with Crippen LogP contribution in [0.3, 0.4) is 0 Å². The molecule has 0 bridgehead atoms. The van der Waals surface area contributed by atoms with Gasteiger partial charge in [-0.05, 0) is 48.5 Å². The lowest BCUT2D eigenvalue weighted by Crippen LogP contribution is -2.01. The van der Waals surface area contributed by atoms with Crippen LogP contribution in [0.1, 0.15) is 10.4 Å². The highest BCUT2D eigenvalue weighted by Crippen LogP contribution is 2.47.